The molecule has 1 aromatic carbocycles. The molecule has 1 N–H and O–H groups in total. The topological polar surface area (TPSA) is 30.5 Å². The molecule has 1 aliphatic carbocycles. The predicted molar refractivity (Wildman–Crippen MR) is 78.0 cm³/mol. The van der Waals surface area contributed by atoms with E-state index >= 15 is 0 Å². The molecule has 0 aromatic heterocycles. The number of benzene rings is 1. The molecule has 0 aliphatic heterocycles. The van der Waals surface area contributed by atoms with Crippen molar-refractivity contribution in [3.63, 3.8) is 0 Å². The molecule has 1 fully saturated rings. The van der Waals surface area contributed by atoms with E-state index < -0.39 is 0 Å². The van der Waals surface area contributed by atoms with Crippen LogP contribution in [0.15, 0.2) is 29.8 Å². The summed E-state index contributed by atoms with van der Waals surface area (Å²) >= 11 is 5.77. The van der Waals surface area contributed by atoms with Crippen LogP contribution in [0.25, 0.3) is 0 Å². The fourth-order valence-corrected chi connectivity index (χ4v) is 1.88. The van der Waals surface area contributed by atoms with Gasteiger partial charge >= 0.3 is 0 Å². The minimum atomic E-state index is 0.294. The lowest BCUT2D eigenvalue weighted by Crippen LogP contribution is -2.16. The second-order valence-electron chi connectivity index (χ2n) is 4.64. The predicted octanol–water partition coefficient (Wildman–Crippen LogP) is 3.47. The molecule has 19 heavy (non-hydrogen) atoms. The first kappa shape index (κ1) is 14.2. The van der Waals surface area contributed by atoms with Crippen LogP contribution in [0.5, 0.6) is 11.5 Å². The SMILES string of the molecule is C=C(Cl)COc1c(CNC2CC2)cccc1OCC. The monoisotopic (exact) mass is 281 g/mol. The summed E-state index contributed by atoms with van der Waals surface area (Å²) in [4.78, 5) is 0. The summed E-state index contributed by atoms with van der Waals surface area (Å²) in [6, 6.07) is 6.60. The van der Waals surface area contributed by atoms with Crippen LogP contribution in [0.3, 0.4) is 0 Å². The highest BCUT2D eigenvalue weighted by molar-refractivity contribution is 6.29. The number of ether oxygens (including phenoxy) is 2. The molecule has 0 unspecified atom stereocenters. The molecule has 3 nitrogen and oxygen atoms in total. The molecule has 1 aliphatic rings. The van der Waals surface area contributed by atoms with Gasteiger partial charge in [0.05, 0.1) is 6.61 Å². The third-order valence-electron chi connectivity index (χ3n) is 2.89. The Morgan fingerprint density at radius 2 is 2.21 bits per heavy atom. The van der Waals surface area contributed by atoms with Gasteiger partial charge in [0.2, 0.25) is 0 Å². The summed E-state index contributed by atoms with van der Waals surface area (Å²) in [5, 5.41) is 3.96. The Morgan fingerprint density at radius 1 is 1.42 bits per heavy atom. The molecular weight excluding hydrogens is 262 g/mol. The fourth-order valence-electron chi connectivity index (χ4n) is 1.83. The zero-order valence-corrected chi connectivity index (χ0v) is 12.0. The van der Waals surface area contributed by atoms with Gasteiger partial charge in [-0.25, -0.2) is 0 Å². The van der Waals surface area contributed by atoms with Gasteiger partial charge in [0, 0.05) is 23.2 Å². The summed E-state index contributed by atoms with van der Waals surface area (Å²) in [6.45, 7) is 7.29. The fraction of sp³-hybridized carbons (Fsp3) is 0.467. The Kier molecular flexibility index (Phi) is 5.11. The summed E-state index contributed by atoms with van der Waals surface area (Å²) < 4.78 is 11.3. The summed E-state index contributed by atoms with van der Waals surface area (Å²) in [7, 11) is 0. The number of hydrogen-bond donors (Lipinski definition) is 1. The molecule has 4 heteroatoms. The van der Waals surface area contributed by atoms with Gasteiger partial charge in [0.1, 0.15) is 6.61 Å². The first-order valence-electron chi connectivity index (χ1n) is 6.65. The van der Waals surface area contributed by atoms with Crippen molar-refractivity contribution in [2.24, 2.45) is 0 Å². The van der Waals surface area contributed by atoms with Gasteiger partial charge in [-0.2, -0.15) is 0 Å². The first-order chi connectivity index (χ1) is 9.20. The molecule has 104 valence electrons. The minimum Gasteiger partial charge on any atom is -0.490 e. The standard InChI is InChI=1S/C15H20ClNO2/c1-3-18-14-6-4-5-12(9-17-13-7-8-13)15(14)19-10-11(2)16/h4-6,13,17H,2-3,7-10H2,1H3. The van der Waals surface area contributed by atoms with Gasteiger partial charge in [-0.3, -0.25) is 0 Å². The van der Waals surface area contributed by atoms with Gasteiger partial charge in [-0.1, -0.05) is 30.3 Å². The van der Waals surface area contributed by atoms with Gasteiger partial charge in [-0.15, -0.1) is 0 Å². The highest BCUT2D eigenvalue weighted by Crippen LogP contribution is 2.32. The lowest BCUT2D eigenvalue weighted by atomic mass is 10.2. The first-order valence-corrected chi connectivity index (χ1v) is 7.02. The van der Waals surface area contributed by atoms with Crippen molar-refractivity contribution >= 4 is 11.6 Å². The van der Waals surface area contributed by atoms with E-state index in [0.29, 0.717) is 24.3 Å². The van der Waals surface area contributed by atoms with Crippen LogP contribution in [0.4, 0.5) is 0 Å². The minimum absolute atomic E-state index is 0.294. The zero-order valence-electron chi connectivity index (χ0n) is 11.2. The van der Waals surface area contributed by atoms with Crippen molar-refractivity contribution in [1.82, 2.24) is 5.32 Å². The van der Waals surface area contributed by atoms with Gasteiger partial charge in [-0.05, 0) is 25.8 Å². The van der Waals surface area contributed by atoms with E-state index in [1.165, 1.54) is 12.8 Å². The second-order valence-corrected chi connectivity index (χ2v) is 5.17. The van der Waals surface area contributed by atoms with Crippen LogP contribution in [-0.4, -0.2) is 19.3 Å². The van der Waals surface area contributed by atoms with Crippen LogP contribution in [0.2, 0.25) is 0 Å². The molecule has 0 atom stereocenters. The Hall–Kier alpha value is -1.19. The molecule has 0 radical (unpaired) electrons. The molecule has 1 aromatic rings. The Bertz CT molecular complexity index is 444. The number of nitrogens with one attached hydrogen (secondary N) is 1. The highest BCUT2D eigenvalue weighted by Gasteiger charge is 2.21. The molecule has 1 saturated carbocycles. The van der Waals surface area contributed by atoms with Gasteiger partial charge in [0.25, 0.3) is 0 Å². The number of para-hydroxylation sites is 1. The highest BCUT2D eigenvalue weighted by atomic mass is 35.5. The van der Waals surface area contributed by atoms with Crippen molar-refractivity contribution in [2.75, 3.05) is 13.2 Å². The lowest BCUT2D eigenvalue weighted by Gasteiger charge is -2.16. The van der Waals surface area contributed by atoms with E-state index in [1.807, 2.05) is 25.1 Å². The van der Waals surface area contributed by atoms with E-state index in [-0.39, 0.29) is 0 Å². The maximum absolute atomic E-state index is 5.77. The average Bonchev–Trinajstić information content (AvgIpc) is 3.19. The van der Waals surface area contributed by atoms with E-state index in [4.69, 9.17) is 21.1 Å². The molecule has 0 saturated heterocycles. The molecule has 0 spiro atoms. The van der Waals surface area contributed by atoms with Crippen LogP contribution in [0, 0.1) is 0 Å². The van der Waals surface area contributed by atoms with Crippen molar-refractivity contribution in [3.8, 4) is 11.5 Å². The average molecular weight is 282 g/mol. The molecule has 0 amide bonds. The maximum atomic E-state index is 5.77. The third-order valence-corrected chi connectivity index (χ3v) is 3.00. The van der Waals surface area contributed by atoms with Crippen LogP contribution in [0.1, 0.15) is 25.3 Å². The zero-order chi connectivity index (χ0) is 13.7. The Morgan fingerprint density at radius 3 is 2.84 bits per heavy atom. The van der Waals surface area contributed by atoms with Crippen molar-refractivity contribution in [1.29, 1.82) is 0 Å². The number of hydrogen-bond acceptors (Lipinski definition) is 3. The van der Waals surface area contributed by atoms with Crippen LogP contribution >= 0.6 is 11.6 Å². The van der Waals surface area contributed by atoms with E-state index in [9.17, 15) is 0 Å². The second kappa shape index (κ2) is 6.83. The smallest absolute Gasteiger partial charge is 0.166 e. The van der Waals surface area contributed by atoms with Gasteiger partial charge < -0.3 is 14.8 Å². The molecule has 0 heterocycles. The van der Waals surface area contributed by atoms with Crippen molar-refractivity contribution in [3.05, 3.63) is 35.4 Å². The number of halogens is 1. The molecule has 2 rings (SSSR count). The van der Waals surface area contributed by atoms with Crippen molar-refractivity contribution in [2.45, 2.75) is 32.4 Å². The lowest BCUT2D eigenvalue weighted by molar-refractivity contribution is 0.292. The Labute approximate surface area is 119 Å². The summed E-state index contributed by atoms with van der Waals surface area (Å²) in [5.74, 6) is 1.52. The quantitative estimate of drug-likeness (QED) is 0.791. The van der Waals surface area contributed by atoms with Gasteiger partial charge in [0.15, 0.2) is 11.5 Å². The number of rotatable bonds is 8. The summed E-state index contributed by atoms with van der Waals surface area (Å²) in [6.07, 6.45) is 2.53. The van der Waals surface area contributed by atoms with E-state index in [2.05, 4.69) is 11.9 Å². The maximum Gasteiger partial charge on any atom is 0.166 e. The van der Waals surface area contributed by atoms with Crippen molar-refractivity contribution < 1.29 is 9.47 Å². The summed E-state index contributed by atoms with van der Waals surface area (Å²) in [5.41, 5.74) is 1.09. The molecule has 0 bridgehead atoms. The Balaban J connectivity index is 2.12. The van der Waals surface area contributed by atoms with E-state index in [1.54, 1.807) is 0 Å². The molecular formula is C15H20ClNO2. The normalized spacial score (nSPS) is 14.2. The van der Waals surface area contributed by atoms with Crippen LogP contribution in [-0.2, 0) is 6.54 Å². The largest absolute Gasteiger partial charge is 0.490 e. The third kappa shape index (κ3) is 4.44. The van der Waals surface area contributed by atoms with Crippen LogP contribution < -0.4 is 14.8 Å². The van der Waals surface area contributed by atoms with E-state index in [0.717, 1.165) is 23.6 Å².